The Balaban J connectivity index is 0.00000289. The van der Waals surface area contributed by atoms with Crippen LogP contribution in [0.3, 0.4) is 0 Å². The number of anilines is 2. The normalized spacial score (nSPS) is 17.9. The van der Waals surface area contributed by atoms with Crippen LogP contribution < -0.4 is 15.5 Å². The lowest BCUT2D eigenvalue weighted by Crippen LogP contribution is -2.51. The maximum absolute atomic E-state index is 13.1. The number of aliphatic hydroxyl groups is 1. The van der Waals surface area contributed by atoms with E-state index in [2.05, 4.69) is 44.0 Å². The summed E-state index contributed by atoms with van der Waals surface area (Å²) >= 11 is 0. The number of rotatable bonds is 5. The first-order valence-electron chi connectivity index (χ1n) is 11.1. The fraction of sp³-hybridized carbons (Fsp3) is 0.458. The Labute approximate surface area is 206 Å². The molecule has 3 N–H and O–H groups in total. The van der Waals surface area contributed by atoms with E-state index in [-0.39, 0.29) is 29.8 Å². The first kappa shape index (κ1) is 24.6. The second kappa shape index (κ2) is 11.7. The molecular formula is C24H33FIN5O. The molecule has 32 heavy (non-hydrogen) atoms. The molecule has 0 spiro atoms. The van der Waals surface area contributed by atoms with Gasteiger partial charge in [0.2, 0.25) is 0 Å². The summed E-state index contributed by atoms with van der Waals surface area (Å²) in [5.74, 6) is 0.817. The third-order valence-electron chi connectivity index (χ3n) is 6.39. The van der Waals surface area contributed by atoms with Gasteiger partial charge in [-0.25, -0.2) is 9.38 Å². The van der Waals surface area contributed by atoms with Crippen LogP contribution in [0.4, 0.5) is 15.8 Å². The van der Waals surface area contributed by atoms with Crippen LogP contribution in [0.1, 0.15) is 18.4 Å². The van der Waals surface area contributed by atoms with Crippen molar-refractivity contribution < 1.29 is 9.50 Å². The van der Waals surface area contributed by atoms with Crippen LogP contribution in [0.2, 0.25) is 0 Å². The van der Waals surface area contributed by atoms with Crippen molar-refractivity contribution in [1.29, 1.82) is 0 Å². The molecule has 2 aromatic rings. The molecule has 0 aliphatic carbocycles. The molecule has 4 rings (SSSR count). The minimum Gasteiger partial charge on any atom is -0.396 e. The van der Waals surface area contributed by atoms with Gasteiger partial charge in [0.25, 0.3) is 0 Å². The second-order valence-corrected chi connectivity index (χ2v) is 8.40. The van der Waals surface area contributed by atoms with Crippen molar-refractivity contribution >= 4 is 41.3 Å². The number of aliphatic hydroxyl groups excluding tert-OH is 1. The largest absolute Gasteiger partial charge is 0.396 e. The number of piperidine rings is 1. The molecule has 0 bridgehead atoms. The van der Waals surface area contributed by atoms with Gasteiger partial charge >= 0.3 is 0 Å². The number of hydrogen-bond donors (Lipinski definition) is 2. The van der Waals surface area contributed by atoms with Crippen molar-refractivity contribution in [2.24, 2.45) is 16.6 Å². The van der Waals surface area contributed by atoms with Crippen LogP contribution in [-0.2, 0) is 6.54 Å². The van der Waals surface area contributed by atoms with E-state index < -0.39 is 0 Å². The third kappa shape index (κ3) is 6.25. The van der Waals surface area contributed by atoms with Crippen molar-refractivity contribution in [3.05, 3.63) is 59.9 Å². The predicted octanol–water partition coefficient (Wildman–Crippen LogP) is 3.29. The SMILES string of the molecule is I.NC(=NCc1ccc(N2CCC(CO)CC2)cc1)N1CCN(c2ccc(F)cc2)CC1. The highest BCUT2D eigenvalue weighted by molar-refractivity contribution is 14.0. The van der Waals surface area contributed by atoms with Gasteiger partial charge in [-0.15, -0.1) is 24.0 Å². The minimum atomic E-state index is -0.210. The lowest BCUT2D eigenvalue weighted by atomic mass is 9.97. The van der Waals surface area contributed by atoms with Gasteiger partial charge in [-0.2, -0.15) is 0 Å². The highest BCUT2D eigenvalue weighted by Crippen LogP contribution is 2.23. The molecule has 6 nitrogen and oxygen atoms in total. The van der Waals surface area contributed by atoms with E-state index in [4.69, 9.17) is 5.73 Å². The number of piperazine rings is 1. The minimum absolute atomic E-state index is 0. The van der Waals surface area contributed by atoms with Gasteiger partial charge in [0, 0.05) is 57.3 Å². The topological polar surface area (TPSA) is 68.3 Å². The molecule has 0 radical (unpaired) electrons. The third-order valence-corrected chi connectivity index (χ3v) is 6.39. The maximum atomic E-state index is 13.1. The van der Waals surface area contributed by atoms with E-state index in [1.54, 1.807) is 0 Å². The summed E-state index contributed by atoms with van der Waals surface area (Å²) in [7, 11) is 0. The molecular weight excluding hydrogens is 520 g/mol. The van der Waals surface area contributed by atoms with Crippen LogP contribution in [0.25, 0.3) is 0 Å². The zero-order valence-corrected chi connectivity index (χ0v) is 20.7. The Hall–Kier alpha value is -2.07. The molecule has 0 unspecified atom stereocenters. The highest BCUT2D eigenvalue weighted by Gasteiger charge is 2.19. The smallest absolute Gasteiger partial charge is 0.191 e. The lowest BCUT2D eigenvalue weighted by Gasteiger charge is -2.36. The number of nitrogens with two attached hydrogens (primary N) is 1. The van der Waals surface area contributed by atoms with Crippen LogP contribution in [-0.4, -0.2) is 61.8 Å². The fourth-order valence-corrected chi connectivity index (χ4v) is 4.30. The average molecular weight is 553 g/mol. The van der Waals surface area contributed by atoms with E-state index in [9.17, 15) is 9.50 Å². The summed E-state index contributed by atoms with van der Waals surface area (Å²) in [4.78, 5) is 11.3. The number of halogens is 2. The standard InChI is InChI=1S/C24H32FN5O.HI/c25-21-3-7-23(8-4-21)29-13-15-30(16-14-29)24(26)27-17-19-1-5-22(6-2-19)28-11-9-20(18-31)10-12-28;/h1-8,20,31H,9-18H2,(H2,26,27);1H. The molecule has 0 saturated carbocycles. The Morgan fingerprint density at radius 3 is 1.97 bits per heavy atom. The molecule has 2 aliphatic rings. The van der Waals surface area contributed by atoms with Gasteiger partial charge in [0.1, 0.15) is 5.82 Å². The Morgan fingerprint density at radius 1 is 0.875 bits per heavy atom. The molecule has 8 heteroatoms. The molecule has 0 amide bonds. The highest BCUT2D eigenvalue weighted by atomic mass is 127. The molecule has 0 atom stereocenters. The van der Waals surface area contributed by atoms with E-state index in [0.717, 1.165) is 63.4 Å². The summed E-state index contributed by atoms with van der Waals surface area (Å²) in [5.41, 5.74) is 9.66. The van der Waals surface area contributed by atoms with Crippen molar-refractivity contribution in [2.75, 3.05) is 55.7 Å². The number of benzene rings is 2. The van der Waals surface area contributed by atoms with Gasteiger partial charge in [-0.05, 0) is 60.7 Å². The number of nitrogens with zero attached hydrogens (tertiary/aromatic N) is 4. The van der Waals surface area contributed by atoms with Gasteiger partial charge in [0.15, 0.2) is 5.96 Å². The van der Waals surface area contributed by atoms with E-state index in [1.807, 2.05) is 12.1 Å². The molecule has 2 aromatic carbocycles. The Kier molecular flexibility index (Phi) is 8.98. The van der Waals surface area contributed by atoms with Gasteiger partial charge in [-0.3, -0.25) is 0 Å². The van der Waals surface area contributed by atoms with Crippen LogP contribution in [0.15, 0.2) is 53.5 Å². The summed E-state index contributed by atoms with van der Waals surface area (Å²) in [6.07, 6.45) is 2.10. The van der Waals surface area contributed by atoms with E-state index in [0.29, 0.717) is 25.0 Å². The summed E-state index contributed by atoms with van der Waals surface area (Å²) in [6, 6.07) is 15.2. The zero-order chi connectivity index (χ0) is 21.6. The molecule has 0 aromatic heterocycles. The number of guanidine groups is 1. The number of hydrogen-bond acceptors (Lipinski definition) is 4. The predicted molar refractivity (Wildman–Crippen MR) is 139 cm³/mol. The van der Waals surface area contributed by atoms with Crippen LogP contribution >= 0.6 is 24.0 Å². The van der Waals surface area contributed by atoms with E-state index in [1.165, 1.54) is 17.8 Å². The van der Waals surface area contributed by atoms with E-state index >= 15 is 0 Å². The quantitative estimate of drug-likeness (QED) is 0.338. The van der Waals surface area contributed by atoms with Gasteiger partial charge in [-0.1, -0.05) is 12.1 Å². The summed E-state index contributed by atoms with van der Waals surface area (Å²) in [6.45, 7) is 6.14. The molecule has 174 valence electrons. The Bertz CT molecular complexity index is 861. The average Bonchev–Trinajstić information content (AvgIpc) is 2.83. The monoisotopic (exact) mass is 553 g/mol. The first-order valence-corrected chi connectivity index (χ1v) is 11.1. The molecule has 2 heterocycles. The first-order chi connectivity index (χ1) is 15.1. The van der Waals surface area contributed by atoms with Gasteiger partial charge in [0.05, 0.1) is 6.54 Å². The van der Waals surface area contributed by atoms with Crippen molar-refractivity contribution in [2.45, 2.75) is 19.4 Å². The zero-order valence-electron chi connectivity index (χ0n) is 18.4. The summed E-state index contributed by atoms with van der Waals surface area (Å²) < 4.78 is 13.1. The summed E-state index contributed by atoms with van der Waals surface area (Å²) in [5, 5.41) is 9.30. The molecule has 2 fully saturated rings. The molecule has 2 saturated heterocycles. The Morgan fingerprint density at radius 2 is 1.41 bits per heavy atom. The van der Waals surface area contributed by atoms with Crippen molar-refractivity contribution in [1.82, 2.24) is 4.90 Å². The second-order valence-electron chi connectivity index (χ2n) is 8.40. The van der Waals surface area contributed by atoms with Crippen molar-refractivity contribution in [3.63, 3.8) is 0 Å². The lowest BCUT2D eigenvalue weighted by molar-refractivity contribution is 0.203. The number of aliphatic imine (C=N–C) groups is 1. The fourth-order valence-electron chi connectivity index (χ4n) is 4.30. The molecule has 2 aliphatic heterocycles. The van der Waals surface area contributed by atoms with Gasteiger partial charge < -0.3 is 25.5 Å². The van der Waals surface area contributed by atoms with Crippen molar-refractivity contribution in [3.8, 4) is 0 Å². The van der Waals surface area contributed by atoms with Crippen LogP contribution in [0, 0.1) is 11.7 Å². The van der Waals surface area contributed by atoms with Crippen LogP contribution in [0.5, 0.6) is 0 Å². The maximum Gasteiger partial charge on any atom is 0.191 e.